The molecule has 1 heteroatoms. The zero-order chi connectivity index (χ0) is 44.2. The fraction of sp³-hybridized carbons (Fsp3) is 0.125. The maximum atomic E-state index is 2.52. The number of hydrogen-bond donors (Lipinski definition) is 0. The highest BCUT2D eigenvalue weighted by Crippen LogP contribution is 2.54. The Kier molecular flexibility index (Phi) is 8.96. The Morgan fingerprint density at radius 2 is 0.662 bits per heavy atom. The summed E-state index contributed by atoms with van der Waals surface area (Å²) in [6.07, 6.45) is 0. The second-order valence-electron chi connectivity index (χ2n) is 19.6. The quantitative estimate of drug-likeness (QED) is 0.116. The van der Waals surface area contributed by atoms with E-state index in [2.05, 4.69) is 241 Å². The van der Waals surface area contributed by atoms with E-state index in [1.54, 1.807) is 0 Å². The van der Waals surface area contributed by atoms with E-state index in [1.165, 1.54) is 127 Å². The molecule has 10 aromatic carbocycles. The molecule has 0 spiro atoms. The van der Waals surface area contributed by atoms with Gasteiger partial charge in [-0.3, -0.25) is 8.80 Å². The van der Waals surface area contributed by atoms with Crippen molar-refractivity contribution < 1.29 is 0 Å². The molecule has 0 nitrogen and oxygen atoms in total. The van der Waals surface area contributed by atoms with E-state index in [9.17, 15) is 0 Å². The van der Waals surface area contributed by atoms with Crippen molar-refractivity contribution in [2.45, 2.75) is 51.6 Å². The maximum absolute atomic E-state index is 2.52. The van der Waals surface area contributed by atoms with Gasteiger partial charge >= 0.3 is 0 Å². The van der Waals surface area contributed by atoms with E-state index >= 15 is 0 Å². The third-order valence-corrected chi connectivity index (χ3v) is 16.5. The van der Waals surface area contributed by atoms with Gasteiger partial charge in [-0.2, -0.15) is 18.3 Å². The highest BCUT2D eigenvalue weighted by molar-refractivity contribution is 6.72. The van der Waals surface area contributed by atoms with Crippen LogP contribution in [0.25, 0.3) is 99.4 Å². The van der Waals surface area contributed by atoms with Crippen molar-refractivity contribution in [2.24, 2.45) is 0 Å². The molecule has 0 aliphatic heterocycles. The number of fused-ring (bicyclic) bond motifs is 8. The second kappa shape index (κ2) is 14.7. The molecule has 0 aromatic heterocycles. The van der Waals surface area contributed by atoms with Gasteiger partial charge < -0.3 is 0 Å². The van der Waals surface area contributed by atoms with Crippen LogP contribution in [0.5, 0.6) is 0 Å². The molecule has 0 heterocycles. The average Bonchev–Trinajstić information content (AvgIpc) is 3.71. The molecule has 312 valence electrons. The molecule has 0 radical (unpaired) electrons. The lowest BCUT2D eigenvalue weighted by atomic mass is 9.79. The Morgan fingerprint density at radius 3 is 1.20 bits per heavy atom. The van der Waals surface area contributed by atoms with E-state index in [0.717, 1.165) is 0 Å². The van der Waals surface area contributed by atoms with Gasteiger partial charge in [0.2, 0.25) is 0 Å². The minimum Gasteiger partial charge on any atom is -0.291 e. The topological polar surface area (TPSA) is 0 Å². The standard InChI is InChI=1S/C64H51Si/c1-63(2)56-21-13-10-19-48(56)50-32-30-45(38-58(50)63)61-53-35-29-44(47-18-12-15-23-60(47)65(5)6)37-55(53)62(46-31-33-51-49-20-11-14-22-57(49)64(3,4)59(51)39-46)52-34-28-43(36-54(52)61)42-26-24-41(25-27-42)40-16-8-7-9-17-40/h7-39H,1-6H3/q-1. The molecule has 0 unspecified atom stereocenters. The Balaban J connectivity index is 1.16. The predicted octanol–water partition coefficient (Wildman–Crippen LogP) is 16.9. The van der Waals surface area contributed by atoms with Crippen LogP contribution in [0.1, 0.15) is 49.9 Å². The number of rotatable bonds is 6. The molecule has 2 aliphatic carbocycles. The minimum atomic E-state index is -0.722. The van der Waals surface area contributed by atoms with Crippen molar-refractivity contribution in [1.29, 1.82) is 0 Å². The van der Waals surface area contributed by atoms with Crippen LogP contribution >= 0.6 is 0 Å². The Bertz CT molecular complexity index is 3550. The summed E-state index contributed by atoms with van der Waals surface area (Å²) in [7, 11) is -0.722. The summed E-state index contributed by atoms with van der Waals surface area (Å²) >= 11 is 0. The van der Waals surface area contributed by atoms with E-state index in [1.807, 2.05) is 0 Å². The first-order chi connectivity index (χ1) is 31.6. The summed E-state index contributed by atoms with van der Waals surface area (Å²) < 4.78 is 0. The van der Waals surface area contributed by atoms with Crippen molar-refractivity contribution in [3.63, 3.8) is 0 Å². The van der Waals surface area contributed by atoms with Crippen LogP contribution in [0, 0.1) is 0 Å². The first kappa shape index (κ1) is 39.5. The summed E-state index contributed by atoms with van der Waals surface area (Å²) in [4.78, 5) is 0. The van der Waals surface area contributed by atoms with Gasteiger partial charge in [-0.15, -0.1) is 0 Å². The minimum absolute atomic E-state index is 0.119. The zero-order valence-corrected chi connectivity index (χ0v) is 39.1. The fourth-order valence-corrected chi connectivity index (χ4v) is 12.8. The largest absolute Gasteiger partial charge is 0.291 e. The van der Waals surface area contributed by atoms with Gasteiger partial charge in [0.25, 0.3) is 0 Å². The van der Waals surface area contributed by atoms with Gasteiger partial charge in [0, 0.05) is 10.8 Å². The van der Waals surface area contributed by atoms with E-state index in [-0.39, 0.29) is 10.8 Å². The number of hydrogen-bond acceptors (Lipinski definition) is 0. The van der Waals surface area contributed by atoms with Crippen LogP contribution in [-0.4, -0.2) is 8.80 Å². The van der Waals surface area contributed by atoms with Crippen LogP contribution in [0.4, 0.5) is 0 Å². The Hall–Kier alpha value is -7.06. The highest BCUT2D eigenvalue weighted by atomic mass is 28.3. The van der Waals surface area contributed by atoms with Crippen LogP contribution < -0.4 is 5.19 Å². The molecule has 0 bridgehead atoms. The van der Waals surface area contributed by atoms with Gasteiger partial charge in [0.1, 0.15) is 0 Å². The average molecular weight is 848 g/mol. The molecule has 0 saturated heterocycles. The smallest absolute Gasteiger partial charge is 0.0159 e. The molecular formula is C64H51Si-. The summed E-state index contributed by atoms with van der Waals surface area (Å²) in [5.74, 6) is 0. The molecular weight excluding hydrogens is 797 g/mol. The van der Waals surface area contributed by atoms with Gasteiger partial charge in [-0.05, 0) is 146 Å². The maximum Gasteiger partial charge on any atom is 0.0159 e. The summed E-state index contributed by atoms with van der Waals surface area (Å²) in [6.45, 7) is 14.4. The first-order valence-electron chi connectivity index (χ1n) is 23.2. The summed E-state index contributed by atoms with van der Waals surface area (Å²) in [6, 6.07) is 76.1. The van der Waals surface area contributed by atoms with Gasteiger partial charge in [0.15, 0.2) is 0 Å². The van der Waals surface area contributed by atoms with Crippen molar-refractivity contribution in [1.82, 2.24) is 0 Å². The second-order valence-corrected chi connectivity index (χ2v) is 22.2. The van der Waals surface area contributed by atoms with Crippen LogP contribution in [0.15, 0.2) is 200 Å². The van der Waals surface area contributed by atoms with Gasteiger partial charge in [0.05, 0.1) is 0 Å². The molecule has 12 rings (SSSR count). The van der Waals surface area contributed by atoms with Crippen molar-refractivity contribution >= 4 is 35.5 Å². The molecule has 0 amide bonds. The lowest BCUT2D eigenvalue weighted by Crippen LogP contribution is -2.24. The van der Waals surface area contributed by atoms with Crippen molar-refractivity contribution in [3.8, 4) is 77.9 Å². The number of benzene rings is 10. The van der Waals surface area contributed by atoms with E-state index < -0.39 is 8.80 Å². The summed E-state index contributed by atoms with van der Waals surface area (Å²) in [5, 5.41) is 6.58. The van der Waals surface area contributed by atoms with Crippen LogP contribution in [0.3, 0.4) is 0 Å². The monoisotopic (exact) mass is 847 g/mol. The Morgan fingerprint density at radius 1 is 0.277 bits per heavy atom. The molecule has 0 atom stereocenters. The third kappa shape index (κ3) is 6.09. The van der Waals surface area contributed by atoms with E-state index in [0.29, 0.717) is 0 Å². The van der Waals surface area contributed by atoms with Crippen molar-refractivity contribution in [3.05, 3.63) is 222 Å². The van der Waals surface area contributed by atoms with Crippen LogP contribution in [-0.2, 0) is 10.8 Å². The molecule has 2 aliphatic rings. The third-order valence-electron chi connectivity index (χ3n) is 15.0. The SMILES string of the molecule is C[Si-](C)c1ccccc1-c1ccc2c(-c3ccc4c(c3)C(C)(C)c3ccccc3-4)c3cc(-c4ccc(-c5ccccc5)cc4)ccc3c(-c3ccc4c(c3)C(C)(C)c3ccccc3-4)c2c1. The van der Waals surface area contributed by atoms with Crippen molar-refractivity contribution in [2.75, 3.05) is 0 Å². The molecule has 0 saturated carbocycles. The first-order valence-corrected chi connectivity index (χ1v) is 25.7. The molecule has 0 fully saturated rings. The normalized spacial score (nSPS) is 13.9. The highest BCUT2D eigenvalue weighted by Gasteiger charge is 2.37. The lowest BCUT2D eigenvalue weighted by Gasteiger charge is -2.26. The van der Waals surface area contributed by atoms with E-state index in [4.69, 9.17) is 0 Å². The van der Waals surface area contributed by atoms with Gasteiger partial charge in [-0.1, -0.05) is 204 Å². The molecule has 0 N–H and O–H groups in total. The Labute approximate surface area is 385 Å². The fourth-order valence-electron chi connectivity index (χ4n) is 11.6. The lowest BCUT2D eigenvalue weighted by molar-refractivity contribution is 0.660. The van der Waals surface area contributed by atoms with Gasteiger partial charge in [-0.25, -0.2) is 0 Å². The zero-order valence-electron chi connectivity index (χ0n) is 38.1. The van der Waals surface area contributed by atoms with Crippen LogP contribution in [0.2, 0.25) is 13.1 Å². The molecule has 10 aromatic rings. The molecule has 65 heavy (non-hydrogen) atoms. The predicted molar refractivity (Wildman–Crippen MR) is 281 cm³/mol. The summed E-state index contributed by atoms with van der Waals surface area (Å²) in [5.41, 5.74) is 23.4.